The fourth-order valence-electron chi connectivity index (χ4n) is 1.94. The lowest BCUT2D eigenvalue weighted by Gasteiger charge is -2.01. The summed E-state index contributed by atoms with van der Waals surface area (Å²) in [5, 5.41) is 9.48. The van der Waals surface area contributed by atoms with E-state index >= 15 is 0 Å². The van der Waals surface area contributed by atoms with Gasteiger partial charge < -0.3 is 4.52 Å². The molecule has 0 aliphatic carbocycles. The van der Waals surface area contributed by atoms with Crippen molar-refractivity contribution in [3.63, 3.8) is 0 Å². The zero-order chi connectivity index (χ0) is 13.1. The van der Waals surface area contributed by atoms with Gasteiger partial charge in [0.05, 0.1) is 0 Å². The number of rotatable bonds is 3. The summed E-state index contributed by atoms with van der Waals surface area (Å²) in [6.45, 7) is 0.0638. The lowest BCUT2D eigenvalue weighted by molar-refractivity contribution is 0.380. The third kappa shape index (κ3) is 2.12. The smallest absolute Gasteiger partial charge is 0.232 e. The van der Waals surface area contributed by atoms with Gasteiger partial charge in [-0.05, 0) is 16.3 Å². The van der Waals surface area contributed by atoms with E-state index in [2.05, 4.69) is 20.2 Å². The van der Waals surface area contributed by atoms with Gasteiger partial charge in [0.2, 0.25) is 11.7 Å². The molecule has 0 amide bonds. The molecule has 0 fully saturated rings. The Morgan fingerprint density at radius 2 is 2.00 bits per heavy atom. The van der Waals surface area contributed by atoms with Gasteiger partial charge in [0, 0.05) is 10.5 Å². The first-order valence-electron chi connectivity index (χ1n) is 5.70. The molecule has 1 aromatic heterocycles. The van der Waals surface area contributed by atoms with Crippen molar-refractivity contribution in [2.45, 2.75) is 6.54 Å². The average Bonchev–Trinajstić information content (AvgIpc) is 2.93. The third-order valence-corrected chi connectivity index (χ3v) is 2.77. The summed E-state index contributed by atoms with van der Waals surface area (Å²) in [6, 6.07) is 13.9. The Morgan fingerprint density at radius 1 is 1.16 bits per heavy atom. The van der Waals surface area contributed by atoms with Crippen LogP contribution in [0.15, 0.2) is 52.1 Å². The number of hydrogen-bond acceptors (Lipinski definition) is 4. The molecule has 1 heterocycles. The highest BCUT2D eigenvalue weighted by atomic mass is 16.5. The van der Waals surface area contributed by atoms with E-state index in [0.717, 1.165) is 16.3 Å². The van der Waals surface area contributed by atoms with Crippen molar-refractivity contribution in [3.8, 4) is 11.4 Å². The van der Waals surface area contributed by atoms with Gasteiger partial charge >= 0.3 is 0 Å². The van der Waals surface area contributed by atoms with Crippen molar-refractivity contribution in [3.05, 3.63) is 58.8 Å². The van der Waals surface area contributed by atoms with E-state index in [4.69, 9.17) is 10.1 Å². The predicted molar refractivity (Wildman–Crippen MR) is 70.1 cm³/mol. The Kier molecular flexibility index (Phi) is 2.84. The fourth-order valence-corrected chi connectivity index (χ4v) is 1.94. The molecule has 3 rings (SSSR count). The van der Waals surface area contributed by atoms with Crippen molar-refractivity contribution >= 4 is 10.8 Å². The summed E-state index contributed by atoms with van der Waals surface area (Å²) >= 11 is 0. The second-order valence-corrected chi connectivity index (χ2v) is 3.93. The second-order valence-electron chi connectivity index (χ2n) is 3.93. The van der Waals surface area contributed by atoms with Gasteiger partial charge in [-0.2, -0.15) is 4.98 Å². The average molecular weight is 251 g/mol. The zero-order valence-corrected chi connectivity index (χ0v) is 9.89. The minimum atomic E-state index is 0.0638. The topological polar surface area (TPSA) is 87.7 Å². The Hall–Kier alpha value is -2.85. The van der Waals surface area contributed by atoms with E-state index < -0.39 is 0 Å². The summed E-state index contributed by atoms with van der Waals surface area (Å²) in [5.74, 6) is 0.806. The number of nitrogens with zero attached hydrogens (tertiary/aromatic N) is 5. The Morgan fingerprint density at radius 3 is 2.89 bits per heavy atom. The van der Waals surface area contributed by atoms with E-state index in [9.17, 15) is 0 Å². The highest BCUT2D eigenvalue weighted by Gasteiger charge is 2.10. The largest absolute Gasteiger partial charge is 0.339 e. The highest BCUT2D eigenvalue weighted by molar-refractivity contribution is 5.94. The van der Waals surface area contributed by atoms with Crippen LogP contribution < -0.4 is 0 Å². The van der Waals surface area contributed by atoms with Crippen LogP contribution in [0.4, 0.5) is 0 Å². The van der Waals surface area contributed by atoms with Crippen LogP contribution in [0.2, 0.25) is 0 Å². The highest BCUT2D eigenvalue weighted by Crippen LogP contribution is 2.26. The summed E-state index contributed by atoms with van der Waals surface area (Å²) in [6.07, 6.45) is 0. The molecule has 0 radical (unpaired) electrons. The van der Waals surface area contributed by atoms with Crippen molar-refractivity contribution in [1.29, 1.82) is 0 Å². The monoisotopic (exact) mass is 251 g/mol. The maximum atomic E-state index is 8.26. The lowest BCUT2D eigenvalue weighted by Crippen LogP contribution is -1.84. The van der Waals surface area contributed by atoms with Crippen molar-refractivity contribution < 1.29 is 4.52 Å². The van der Waals surface area contributed by atoms with E-state index in [1.54, 1.807) is 0 Å². The molecule has 0 aliphatic rings. The van der Waals surface area contributed by atoms with Crippen LogP contribution in [0.3, 0.4) is 0 Å². The van der Waals surface area contributed by atoms with Gasteiger partial charge in [0.1, 0.15) is 6.54 Å². The molecule has 2 aromatic carbocycles. The lowest BCUT2D eigenvalue weighted by atomic mass is 10.0. The molecular formula is C13H9N5O. The quantitative estimate of drug-likeness (QED) is 0.404. The van der Waals surface area contributed by atoms with Crippen LogP contribution >= 0.6 is 0 Å². The summed E-state index contributed by atoms with van der Waals surface area (Å²) < 4.78 is 5.04. The molecule has 0 spiro atoms. The van der Waals surface area contributed by atoms with Gasteiger partial charge in [-0.15, -0.1) is 0 Å². The number of hydrogen-bond donors (Lipinski definition) is 0. The van der Waals surface area contributed by atoms with Crippen LogP contribution in [0.5, 0.6) is 0 Å². The van der Waals surface area contributed by atoms with Crippen LogP contribution in [-0.4, -0.2) is 10.1 Å². The maximum absolute atomic E-state index is 8.26. The molecule has 0 saturated carbocycles. The second kappa shape index (κ2) is 4.80. The molecule has 0 bridgehead atoms. The fraction of sp³-hybridized carbons (Fsp3) is 0.0769. The first-order chi connectivity index (χ1) is 9.38. The molecule has 0 N–H and O–H groups in total. The van der Waals surface area contributed by atoms with Crippen molar-refractivity contribution in [2.24, 2.45) is 5.11 Å². The minimum absolute atomic E-state index is 0.0638. The predicted octanol–water partition coefficient (Wildman–Crippen LogP) is 3.70. The maximum Gasteiger partial charge on any atom is 0.232 e. The zero-order valence-electron chi connectivity index (χ0n) is 9.89. The molecule has 6 nitrogen and oxygen atoms in total. The van der Waals surface area contributed by atoms with Crippen LogP contribution in [0.1, 0.15) is 5.89 Å². The van der Waals surface area contributed by atoms with Gasteiger partial charge in [-0.3, -0.25) is 0 Å². The number of benzene rings is 2. The minimum Gasteiger partial charge on any atom is -0.339 e. The summed E-state index contributed by atoms with van der Waals surface area (Å²) in [4.78, 5) is 6.89. The Balaban J connectivity index is 2.09. The van der Waals surface area contributed by atoms with E-state index in [1.165, 1.54) is 0 Å². The van der Waals surface area contributed by atoms with Gasteiger partial charge in [-0.1, -0.05) is 52.7 Å². The molecule has 92 valence electrons. The first kappa shape index (κ1) is 11.3. The normalized spacial score (nSPS) is 10.3. The van der Waals surface area contributed by atoms with Gasteiger partial charge in [0.15, 0.2) is 0 Å². The molecule has 0 saturated heterocycles. The molecular weight excluding hydrogens is 242 g/mol. The van der Waals surface area contributed by atoms with Gasteiger partial charge in [-0.25, -0.2) is 0 Å². The molecule has 19 heavy (non-hydrogen) atoms. The number of azide groups is 1. The molecule has 0 aliphatic heterocycles. The van der Waals surface area contributed by atoms with Crippen LogP contribution in [-0.2, 0) is 6.54 Å². The standard InChI is InChI=1S/C13H9N5O/c14-18-15-8-12-16-13(17-19-12)11-7-3-5-9-4-1-2-6-10(9)11/h1-7H,8H2. The summed E-state index contributed by atoms with van der Waals surface area (Å²) in [5.41, 5.74) is 9.16. The molecule has 6 heteroatoms. The van der Waals surface area contributed by atoms with E-state index in [0.29, 0.717) is 11.7 Å². The molecule has 0 unspecified atom stereocenters. The molecule has 0 atom stereocenters. The first-order valence-corrected chi connectivity index (χ1v) is 5.70. The van der Waals surface area contributed by atoms with E-state index in [1.807, 2.05) is 42.5 Å². The third-order valence-electron chi connectivity index (χ3n) is 2.77. The van der Waals surface area contributed by atoms with Crippen molar-refractivity contribution in [2.75, 3.05) is 0 Å². The Bertz CT molecular complexity index is 768. The summed E-state index contributed by atoms with van der Waals surface area (Å²) in [7, 11) is 0. The van der Waals surface area contributed by atoms with Crippen molar-refractivity contribution in [1.82, 2.24) is 10.1 Å². The van der Waals surface area contributed by atoms with Crippen LogP contribution in [0, 0.1) is 0 Å². The number of fused-ring (bicyclic) bond motifs is 1. The van der Waals surface area contributed by atoms with Crippen LogP contribution in [0.25, 0.3) is 32.6 Å². The number of aromatic nitrogens is 2. The molecule has 3 aromatic rings. The van der Waals surface area contributed by atoms with Gasteiger partial charge in [0.25, 0.3) is 0 Å². The Labute approximate surface area is 108 Å². The van der Waals surface area contributed by atoms with E-state index in [-0.39, 0.29) is 6.54 Å². The SMILES string of the molecule is [N-]=[N+]=NCc1nc(-c2cccc3ccccc23)no1.